The smallest absolute Gasteiger partial charge is 0.253 e. The SMILES string of the molecule is CS(=O)(=O)c1ccccc1C(=O)N[C@H](c1cccs1)C1CCCC1. The first kappa shape index (κ1) is 17.2. The molecule has 2 aromatic rings. The van der Waals surface area contributed by atoms with Crippen LogP contribution in [0.15, 0.2) is 46.7 Å². The van der Waals surface area contributed by atoms with Crippen LogP contribution in [0.1, 0.15) is 47.0 Å². The second kappa shape index (κ2) is 7.07. The van der Waals surface area contributed by atoms with Gasteiger partial charge in [0.15, 0.2) is 9.84 Å². The van der Waals surface area contributed by atoms with E-state index in [4.69, 9.17) is 0 Å². The first-order valence-corrected chi connectivity index (χ1v) is 10.9. The van der Waals surface area contributed by atoms with Crippen molar-refractivity contribution in [2.45, 2.75) is 36.6 Å². The van der Waals surface area contributed by atoms with Crippen molar-refractivity contribution >= 4 is 27.1 Å². The number of rotatable bonds is 5. The zero-order valence-corrected chi connectivity index (χ0v) is 15.2. The van der Waals surface area contributed by atoms with Gasteiger partial charge in [0.25, 0.3) is 5.91 Å². The number of hydrogen-bond donors (Lipinski definition) is 1. The molecule has 128 valence electrons. The van der Waals surface area contributed by atoms with Crippen molar-refractivity contribution in [3.05, 3.63) is 52.2 Å². The molecule has 24 heavy (non-hydrogen) atoms. The molecule has 1 N–H and O–H groups in total. The Labute approximate surface area is 146 Å². The molecule has 6 heteroatoms. The maximum atomic E-state index is 12.8. The number of nitrogens with one attached hydrogen (secondary N) is 1. The standard InChI is InChI=1S/C18H21NO3S2/c1-24(21,22)16-11-5-4-9-14(16)18(20)19-17(13-7-2-3-8-13)15-10-6-12-23-15/h4-6,9-13,17H,2-3,7-8H2,1H3,(H,19,20)/t17-/m0/s1. The summed E-state index contributed by atoms with van der Waals surface area (Å²) in [5, 5.41) is 5.11. The minimum atomic E-state index is -3.45. The fraction of sp³-hybridized carbons (Fsp3) is 0.389. The van der Waals surface area contributed by atoms with Crippen LogP contribution in [0.4, 0.5) is 0 Å². The molecule has 0 spiro atoms. The Balaban J connectivity index is 1.90. The maximum absolute atomic E-state index is 12.8. The van der Waals surface area contributed by atoms with Crippen LogP contribution in [0.25, 0.3) is 0 Å². The molecule has 1 aromatic carbocycles. The van der Waals surface area contributed by atoms with Crippen molar-refractivity contribution in [2.24, 2.45) is 5.92 Å². The van der Waals surface area contributed by atoms with Crippen LogP contribution in [0, 0.1) is 5.92 Å². The summed E-state index contributed by atoms with van der Waals surface area (Å²) in [6.07, 6.45) is 5.69. The highest BCUT2D eigenvalue weighted by atomic mass is 32.2. The maximum Gasteiger partial charge on any atom is 0.253 e. The highest BCUT2D eigenvalue weighted by Gasteiger charge is 2.29. The van der Waals surface area contributed by atoms with E-state index < -0.39 is 9.84 Å². The number of sulfone groups is 1. The van der Waals surface area contributed by atoms with E-state index in [1.54, 1.807) is 29.5 Å². The summed E-state index contributed by atoms with van der Waals surface area (Å²) in [4.78, 5) is 14.0. The molecule has 0 radical (unpaired) electrons. The first-order chi connectivity index (χ1) is 11.5. The van der Waals surface area contributed by atoms with Gasteiger partial charge >= 0.3 is 0 Å². The second-order valence-corrected chi connectivity index (χ2v) is 9.24. The molecule has 1 fully saturated rings. The quantitative estimate of drug-likeness (QED) is 0.878. The third-order valence-corrected chi connectivity index (χ3v) is 6.65. The Morgan fingerprint density at radius 2 is 1.88 bits per heavy atom. The zero-order valence-electron chi connectivity index (χ0n) is 13.6. The summed E-state index contributed by atoms with van der Waals surface area (Å²) in [5.41, 5.74) is 0.222. The van der Waals surface area contributed by atoms with Crippen molar-refractivity contribution in [1.29, 1.82) is 0 Å². The van der Waals surface area contributed by atoms with E-state index in [2.05, 4.69) is 5.32 Å². The van der Waals surface area contributed by atoms with Gasteiger partial charge in [-0.1, -0.05) is 31.0 Å². The molecule has 0 bridgehead atoms. The zero-order chi connectivity index (χ0) is 17.2. The molecule has 1 atom stereocenters. The molecule has 1 aliphatic rings. The van der Waals surface area contributed by atoms with Crippen molar-refractivity contribution in [3.63, 3.8) is 0 Å². The first-order valence-electron chi connectivity index (χ1n) is 8.10. The molecule has 4 nitrogen and oxygen atoms in total. The molecule has 0 saturated heterocycles. The topological polar surface area (TPSA) is 63.2 Å². The average Bonchev–Trinajstić information content (AvgIpc) is 3.25. The van der Waals surface area contributed by atoms with E-state index in [-0.39, 0.29) is 22.4 Å². The van der Waals surface area contributed by atoms with Gasteiger partial charge in [-0.25, -0.2) is 8.42 Å². The van der Waals surface area contributed by atoms with Crippen LogP contribution in [0.3, 0.4) is 0 Å². The highest BCUT2D eigenvalue weighted by Crippen LogP contribution is 2.37. The predicted molar refractivity (Wildman–Crippen MR) is 96.0 cm³/mol. The van der Waals surface area contributed by atoms with E-state index in [1.807, 2.05) is 17.5 Å². The minimum Gasteiger partial charge on any atom is -0.344 e. The third-order valence-electron chi connectivity index (χ3n) is 4.54. The van der Waals surface area contributed by atoms with Crippen molar-refractivity contribution in [3.8, 4) is 0 Å². The lowest BCUT2D eigenvalue weighted by molar-refractivity contribution is 0.0919. The monoisotopic (exact) mass is 363 g/mol. The lowest BCUT2D eigenvalue weighted by atomic mass is 9.96. The number of hydrogen-bond acceptors (Lipinski definition) is 4. The van der Waals surface area contributed by atoms with Crippen LogP contribution in [0.5, 0.6) is 0 Å². The van der Waals surface area contributed by atoms with Gasteiger partial charge < -0.3 is 5.32 Å². The van der Waals surface area contributed by atoms with Crippen molar-refractivity contribution < 1.29 is 13.2 Å². The summed E-state index contributed by atoms with van der Waals surface area (Å²) in [6, 6.07) is 10.4. The van der Waals surface area contributed by atoms with Crippen molar-refractivity contribution in [1.82, 2.24) is 5.32 Å². The van der Waals surface area contributed by atoms with E-state index >= 15 is 0 Å². The molecule has 0 aliphatic heterocycles. The van der Waals surface area contributed by atoms with E-state index in [9.17, 15) is 13.2 Å². The van der Waals surface area contributed by atoms with Crippen LogP contribution in [-0.2, 0) is 9.84 Å². The number of amides is 1. The Morgan fingerprint density at radius 3 is 2.50 bits per heavy atom. The van der Waals surface area contributed by atoms with Crippen LogP contribution >= 0.6 is 11.3 Å². The number of benzene rings is 1. The number of carbonyl (C=O) groups excluding carboxylic acids is 1. The van der Waals surface area contributed by atoms with Gasteiger partial charge in [0.1, 0.15) is 0 Å². The van der Waals surface area contributed by atoms with E-state index in [0.29, 0.717) is 5.92 Å². The van der Waals surface area contributed by atoms with Crippen LogP contribution in [-0.4, -0.2) is 20.6 Å². The van der Waals surface area contributed by atoms with Crippen LogP contribution in [0.2, 0.25) is 0 Å². The fourth-order valence-electron chi connectivity index (χ4n) is 3.38. The molecule has 1 amide bonds. The number of thiophene rings is 1. The largest absolute Gasteiger partial charge is 0.344 e. The lowest BCUT2D eigenvalue weighted by Crippen LogP contribution is -2.33. The summed E-state index contributed by atoms with van der Waals surface area (Å²) < 4.78 is 23.9. The lowest BCUT2D eigenvalue weighted by Gasteiger charge is -2.24. The van der Waals surface area contributed by atoms with Crippen molar-refractivity contribution in [2.75, 3.05) is 6.26 Å². The molecule has 1 heterocycles. The Bertz CT molecular complexity index is 807. The molecule has 1 aromatic heterocycles. The fourth-order valence-corrected chi connectivity index (χ4v) is 5.13. The summed E-state index contributed by atoms with van der Waals surface area (Å²) >= 11 is 1.63. The normalized spacial score (nSPS) is 16.9. The molecule has 1 saturated carbocycles. The molecule has 1 aliphatic carbocycles. The van der Waals surface area contributed by atoms with Gasteiger partial charge in [-0.05, 0) is 42.3 Å². The van der Waals surface area contributed by atoms with Gasteiger partial charge in [0.05, 0.1) is 16.5 Å². The van der Waals surface area contributed by atoms with Gasteiger partial charge in [-0.3, -0.25) is 4.79 Å². The van der Waals surface area contributed by atoms with E-state index in [1.165, 1.54) is 18.9 Å². The average molecular weight is 364 g/mol. The van der Waals surface area contributed by atoms with E-state index in [0.717, 1.165) is 24.0 Å². The van der Waals surface area contributed by atoms with Gasteiger partial charge in [0, 0.05) is 11.1 Å². The van der Waals surface area contributed by atoms with Gasteiger partial charge in [-0.15, -0.1) is 11.3 Å². The summed E-state index contributed by atoms with van der Waals surface area (Å²) in [5.74, 6) is 0.0966. The molecule has 3 rings (SSSR count). The molecular weight excluding hydrogens is 342 g/mol. The Kier molecular flexibility index (Phi) is 5.06. The van der Waals surface area contributed by atoms with Crippen LogP contribution < -0.4 is 5.32 Å². The summed E-state index contributed by atoms with van der Waals surface area (Å²) in [7, 11) is -3.45. The predicted octanol–water partition coefficient (Wildman–Crippen LogP) is 3.81. The van der Waals surface area contributed by atoms with Gasteiger partial charge in [-0.2, -0.15) is 0 Å². The minimum absolute atomic E-state index is 0.0485. The highest BCUT2D eigenvalue weighted by molar-refractivity contribution is 7.90. The Morgan fingerprint density at radius 1 is 1.17 bits per heavy atom. The van der Waals surface area contributed by atoms with Gasteiger partial charge in [0.2, 0.25) is 0 Å². The molecule has 0 unspecified atom stereocenters. The number of carbonyl (C=O) groups is 1. The third kappa shape index (κ3) is 3.70. The second-order valence-electron chi connectivity index (χ2n) is 6.28. The Hall–Kier alpha value is -1.66. The molecular formula is C18H21NO3S2. The summed E-state index contributed by atoms with van der Waals surface area (Å²) in [6.45, 7) is 0.